The maximum Gasteiger partial charge on any atom is 0.121 e. The van der Waals surface area contributed by atoms with Crippen molar-refractivity contribution in [1.82, 2.24) is 5.32 Å². The largest absolute Gasteiger partial charge is 0.496 e. The van der Waals surface area contributed by atoms with Gasteiger partial charge in [0.2, 0.25) is 0 Å². The first kappa shape index (κ1) is 14.2. The van der Waals surface area contributed by atoms with Crippen LogP contribution in [0.3, 0.4) is 0 Å². The minimum atomic E-state index is 0.664. The number of hydrogen-bond acceptors (Lipinski definition) is 3. The van der Waals surface area contributed by atoms with Crippen LogP contribution in [0.25, 0.3) is 0 Å². The Kier molecular flexibility index (Phi) is 4.70. The van der Waals surface area contributed by atoms with Gasteiger partial charge in [0, 0.05) is 24.8 Å². The zero-order valence-electron chi connectivity index (χ0n) is 12.6. The van der Waals surface area contributed by atoms with Gasteiger partial charge in [-0.15, -0.1) is 0 Å². The molecule has 0 unspecified atom stereocenters. The highest BCUT2D eigenvalue weighted by molar-refractivity contribution is 5.53. The summed E-state index contributed by atoms with van der Waals surface area (Å²) in [5, 5.41) is 3.39. The van der Waals surface area contributed by atoms with Crippen LogP contribution >= 0.6 is 0 Å². The van der Waals surface area contributed by atoms with Crippen molar-refractivity contribution in [2.45, 2.75) is 44.7 Å². The molecule has 106 valence electrons. The lowest BCUT2D eigenvalue weighted by molar-refractivity contribution is 0.351. The molecule has 0 heterocycles. The van der Waals surface area contributed by atoms with Gasteiger partial charge in [-0.1, -0.05) is 0 Å². The van der Waals surface area contributed by atoms with Crippen LogP contribution in [0, 0.1) is 6.92 Å². The maximum atomic E-state index is 5.33. The molecule has 1 aromatic rings. The second-order valence-electron chi connectivity index (χ2n) is 5.56. The standard InChI is InChI=1S/C16H26N2O/c1-12-11-15(9-10-16(12)19-4)18(3)14-7-5-13(17-2)6-8-14/h9-11,13-14,17H,5-8H2,1-4H3. The summed E-state index contributed by atoms with van der Waals surface area (Å²) >= 11 is 0. The van der Waals surface area contributed by atoms with Crippen molar-refractivity contribution in [3.63, 3.8) is 0 Å². The van der Waals surface area contributed by atoms with Crippen molar-refractivity contribution >= 4 is 5.69 Å². The lowest BCUT2D eigenvalue weighted by atomic mass is 9.90. The van der Waals surface area contributed by atoms with Crippen LogP contribution in [-0.4, -0.2) is 33.3 Å². The molecule has 0 spiro atoms. The van der Waals surface area contributed by atoms with Gasteiger partial charge in [-0.05, 0) is 63.4 Å². The summed E-state index contributed by atoms with van der Waals surface area (Å²) in [5.74, 6) is 0.969. The van der Waals surface area contributed by atoms with Crippen LogP contribution in [0.4, 0.5) is 5.69 Å². The second kappa shape index (κ2) is 6.29. The van der Waals surface area contributed by atoms with E-state index in [9.17, 15) is 0 Å². The Balaban J connectivity index is 2.03. The molecule has 0 bridgehead atoms. The molecule has 19 heavy (non-hydrogen) atoms. The zero-order valence-corrected chi connectivity index (χ0v) is 12.6. The summed E-state index contributed by atoms with van der Waals surface area (Å²) in [6, 6.07) is 7.83. The zero-order chi connectivity index (χ0) is 13.8. The number of nitrogens with one attached hydrogen (secondary N) is 1. The van der Waals surface area contributed by atoms with E-state index in [1.165, 1.54) is 36.9 Å². The predicted molar refractivity (Wildman–Crippen MR) is 81.2 cm³/mol. The highest BCUT2D eigenvalue weighted by atomic mass is 16.5. The maximum absolute atomic E-state index is 5.33. The van der Waals surface area contributed by atoms with Crippen LogP contribution in [0.5, 0.6) is 5.75 Å². The number of anilines is 1. The summed E-state index contributed by atoms with van der Waals surface area (Å²) in [6.07, 6.45) is 5.10. The molecule has 3 nitrogen and oxygen atoms in total. The molecule has 1 aliphatic rings. The van der Waals surface area contributed by atoms with Crippen molar-refractivity contribution in [2.75, 3.05) is 26.1 Å². The van der Waals surface area contributed by atoms with E-state index in [2.05, 4.69) is 49.4 Å². The molecule has 1 aliphatic carbocycles. The Bertz CT molecular complexity index is 411. The van der Waals surface area contributed by atoms with E-state index < -0.39 is 0 Å². The third-order valence-corrected chi connectivity index (χ3v) is 4.44. The summed E-state index contributed by atoms with van der Waals surface area (Å²) in [5.41, 5.74) is 2.50. The molecule has 1 fully saturated rings. The monoisotopic (exact) mass is 262 g/mol. The van der Waals surface area contributed by atoms with E-state index in [1.807, 2.05) is 0 Å². The molecule has 0 atom stereocenters. The summed E-state index contributed by atoms with van der Waals surface area (Å²) in [4.78, 5) is 2.43. The van der Waals surface area contributed by atoms with Gasteiger partial charge in [0.1, 0.15) is 5.75 Å². The van der Waals surface area contributed by atoms with Crippen LogP contribution in [0.1, 0.15) is 31.2 Å². The number of benzene rings is 1. The first-order valence-electron chi connectivity index (χ1n) is 7.20. The van der Waals surface area contributed by atoms with E-state index in [-0.39, 0.29) is 0 Å². The van der Waals surface area contributed by atoms with E-state index >= 15 is 0 Å². The van der Waals surface area contributed by atoms with Crippen molar-refractivity contribution in [2.24, 2.45) is 0 Å². The molecule has 0 radical (unpaired) electrons. The van der Waals surface area contributed by atoms with Crippen LogP contribution in [-0.2, 0) is 0 Å². The molecule has 1 N–H and O–H groups in total. The van der Waals surface area contributed by atoms with Gasteiger partial charge in [-0.25, -0.2) is 0 Å². The highest BCUT2D eigenvalue weighted by Gasteiger charge is 2.23. The Morgan fingerprint density at radius 2 is 1.89 bits per heavy atom. The molecular weight excluding hydrogens is 236 g/mol. The fraction of sp³-hybridized carbons (Fsp3) is 0.625. The molecule has 0 amide bonds. The average Bonchev–Trinajstić information content (AvgIpc) is 2.46. The number of nitrogens with zero attached hydrogens (tertiary/aromatic N) is 1. The number of aryl methyl sites for hydroxylation is 1. The number of hydrogen-bond donors (Lipinski definition) is 1. The van der Waals surface area contributed by atoms with Gasteiger partial charge in [-0.2, -0.15) is 0 Å². The minimum Gasteiger partial charge on any atom is -0.496 e. The van der Waals surface area contributed by atoms with E-state index in [0.717, 1.165) is 5.75 Å². The highest BCUT2D eigenvalue weighted by Crippen LogP contribution is 2.29. The van der Waals surface area contributed by atoms with Crippen LogP contribution in [0.2, 0.25) is 0 Å². The molecule has 1 saturated carbocycles. The fourth-order valence-corrected chi connectivity index (χ4v) is 3.04. The Morgan fingerprint density at radius 1 is 1.21 bits per heavy atom. The van der Waals surface area contributed by atoms with Gasteiger partial charge in [0.25, 0.3) is 0 Å². The number of rotatable bonds is 4. The molecule has 3 heteroatoms. The normalized spacial score (nSPS) is 23.2. The van der Waals surface area contributed by atoms with E-state index in [0.29, 0.717) is 12.1 Å². The Labute approximate surface area is 116 Å². The van der Waals surface area contributed by atoms with E-state index in [1.54, 1.807) is 7.11 Å². The van der Waals surface area contributed by atoms with Crippen LogP contribution in [0.15, 0.2) is 18.2 Å². The number of methoxy groups -OCH3 is 1. The quantitative estimate of drug-likeness (QED) is 0.903. The van der Waals surface area contributed by atoms with Crippen molar-refractivity contribution in [3.8, 4) is 5.75 Å². The van der Waals surface area contributed by atoms with Gasteiger partial charge in [0.05, 0.1) is 7.11 Å². The number of ether oxygens (including phenoxy) is 1. The topological polar surface area (TPSA) is 24.5 Å². The lowest BCUT2D eigenvalue weighted by Gasteiger charge is -2.36. The predicted octanol–water partition coefficient (Wildman–Crippen LogP) is 2.97. The molecule has 2 rings (SSSR count). The van der Waals surface area contributed by atoms with Gasteiger partial charge in [-0.3, -0.25) is 0 Å². The van der Waals surface area contributed by atoms with Crippen molar-refractivity contribution in [1.29, 1.82) is 0 Å². The molecule has 0 aliphatic heterocycles. The summed E-state index contributed by atoms with van der Waals surface area (Å²) in [7, 11) is 6.01. The summed E-state index contributed by atoms with van der Waals surface area (Å²) in [6.45, 7) is 2.11. The van der Waals surface area contributed by atoms with Crippen molar-refractivity contribution in [3.05, 3.63) is 23.8 Å². The molecular formula is C16H26N2O. The lowest BCUT2D eigenvalue weighted by Crippen LogP contribution is -2.39. The Morgan fingerprint density at radius 3 is 2.42 bits per heavy atom. The summed E-state index contributed by atoms with van der Waals surface area (Å²) < 4.78 is 5.33. The fourth-order valence-electron chi connectivity index (χ4n) is 3.04. The third kappa shape index (κ3) is 3.21. The first-order chi connectivity index (χ1) is 9.15. The van der Waals surface area contributed by atoms with E-state index in [4.69, 9.17) is 4.74 Å². The van der Waals surface area contributed by atoms with Gasteiger partial charge in [0.15, 0.2) is 0 Å². The van der Waals surface area contributed by atoms with Crippen LogP contribution < -0.4 is 15.0 Å². The molecule has 0 saturated heterocycles. The Hall–Kier alpha value is -1.22. The smallest absolute Gasteiger partial charge is 0.121 e. The van der Waals surface area contributed by atoms with Gasteiger partial charge < -0.3 is 15.0 Å². The van der Waals surface area contributed by atoms with Gasteiger partial charge >= 0.3 is 0 Å². The third-order valence-electron chi connectivity index (χ3n) is 4.44. The molecule has 0 aromatic heterocycles. The average molecular weight is 262 g/mol. The molecule has 1 aromatic carbocycles. The SMILES string of the molecule is CNC1CCC(N(C)c2ccc(OC)c(C)c2)CC1. The second-order valence-corrected chi connectivity index (χ2v) is 5.56. The minimum absolute atomic E-state index is 0.664. The first-order valence-corrected chi connectivity index (χ1v) is 7.20. The van der Waals surface area contributed by atoms with Crippen molar-refractivity contribution < 1.29 is 4.74 Å².